The molecule has 5 rings (SSSR count). The van der Waals surface area contributed by atoms with Crippen LogP contribution in [0.1, 0.15) is 31.2 Å². The van der Waals surface area contributed by atoms with Crippen molar-refractivity contribution in [1.82, 2.24) is 0 Å². The summed E-state index contributed by atoms with van der Waals surface area (Å²) in [6.45, 7) is 3.44. The molecule has 1 saturated carbocycles. The van der Waals surface area contributed by atoms with E-state index < -0.39 is 16.6 Å². The standard InChI is InChI=1S/C22H25NO3S/c1-17-7-9-19(10-8-17)27(24)20-21(23(20)18-5-3-2-4-6-18)11-13-22(14-12-21)25-15-16-26-22/h2-10,20H,11-16H2,1H3. The van der Waals surface area contributed by atoms with E-state index >= 15 is 0 Å². The Hall–Kier alpha value is -1.69. The maximum atomic E-state index is 13.5. The molecular formula is C22H25NO3S. The molecule has 2 heterocycles. The first-order valence-electron chi connectivity index (χ1n) is 9.73. The molecule has 4 nitrogen and oxygen atoms in total. The first-order valence-corrected chi connectivity index (χ1v) is 10.9. The zero-order valence-electron chi connectivity index (χ0n) is 15.6. The van der Waals surface area contributed by atoms with Crippen molar-refractivity contribution in [3.63, 3.8) is 0 Å². The third-order valence-electron chi connectivity index (χ3n) is 6.29. The van der Waals surface area contributed by atoms with Crippen molar-refractivity contribution in [1.29, 1.82) is 0 Å². The molecular weight excluding hydrogens is 358 g/mol. The second-order valence-electron chi connectivity index (χ2n) is 7.88. The zero-order valence-corrected chi connectivity index (χ0v) is 16.4. The fourth-order valence-electron chi connectivity index (χ4n) is 4.76. The molecule has 2 aromatic carbocycles. The van der Waals surface area contributed by atoms with Crippen molar-refractivity contribution in [3.05, 3.63) is 60.2 Å². The van der Waals surface area contributed by atoms with Crippen LogP contribution in [0.15, 0.2) is 59.5 Å². The van der Waals surface area contributed by atoms with Crippen LogP contribution in [0.4, 0.5) is 5.69 Å². The number of anilines is 1. The Balaban J connectivity index is 1.45. The van der Waals surface area contributed by atoms with Crippen molar-refractivity contribution >= 4 is 16.5 Å². The lowest BCUT2D eigenvalue weighted by molar-refractivity contribution is -0.179. The number of rotatable bonds is 3. The van der Waals surface area contributed by atoms with Gasteiger partial charge in [0.15, 0.2) is 5.79 Å². The summed E-state index contributed by atoms with van der Waals surface area (Å²) in [5.74, 6) is -0.397. The number of para-hydroxylation sites is 1. The van der Waals surface area contributed by atoms with E-state index in [2.05, 4.69) is 36.1 Å². The van der Waals surface area contributed by atoms with Crippen LogP contribution in [-0.2, 0) is 20.3 Å². The van der Waals surface area contributed by atoms with Crippen LogP contribution < -0.4 is 4.90 Å². The minimum absolute atomic E-state index is 0.0151. The summed E-state index contributed by atoms with van der Waals surface area (Å²) in [6.07, 6.45) is 3.64. The van der Waals surface area contributed by atoms with Gasteiger partial charge in [-0.3, -0.25) is 4.21 Å². The number of nitrogens with zero attached hydrogens (tertiary/aromatic N) is 1. The fraction of sp³-hybridized carbons (Fsp3) is 0.455. The molecule has 27 heavy (non-hydrogen) atoms. The summed E-state index contributed by atoms with van der Waals surface area (Å²) in [4.78, 5) is 3.29. The van der Waals surface area contributed by atoms with Crippen molar-refractivity contribution in [2.24, 2.45) is 0 Å². The number of benzene rings is 2. The van der Waals surface area contributed by atoms with Gasteiger partial charge in [-0.15, -0.1) is 0 Å². The Morgan fingerprint density at radius 3 is 2.19 bits per heavy atom. The minimum atomic E-state index is -1.07. The number of aryl methyl sites for hydroxylation is 1. The van der Waals surface area contributed by atoms with Crippen LogP contribution in [-0.4, -0.2) is 34.1 Å². The van der Waals surface area contributed by atoms with E-state index in [1.165, 1.54) is 5.56 Å². The van der Waals surface area contributed by atoms with Crippen molar-refractivity contribution < 1.29 is 13.7 Å². The summed E-state index contributed by atoms with van der Waals surface area (Å²) in [5, 5.41) is 0.0151. The predicted octanol–water partition coefficient (Wildman–Crippen LogP) is 4.00. The highest BCUT2D eigenvalue weighted by atomic mass is 32.2. The van der Waals surface area contributed by atoms with E-state index in [9.17, 15) is 4.21 Å². The van der Waals surface area contributed by atoms with Gasteiger partial charge in [-0.2, -0.15) is 0 Å². The van der Waals surface area contributed by atoms with Gasteiger partial charge in [0.2, 0.25) is 0 Å². The molecule has 142 valence electrons. The van der Waals surface area contributed by atoms with Gasteiger partial charge in [0, 0.05) is 23.4 Å². The van der Waals surface area contributed by atoms with Crippen molar-refractivity contribution in [2.45, 2.75) is 54.2 Å². The molecule has 0 radical (unpaired) electrons. The first-order chi connectivity index (χ1) is 13.1. The monoisotopic (exact) mass is 383 g/mol. The quantitative estimate of drug-likeness (QED) is 0.751. The molecule has 0 N–H and O–H groups in total. The molecule has 5 heteroatoms. The summed E-state index contributed by atoms with van der Waals surface area (Å²) in [7, 11) is -1.07. The predicted molar refractivity (Wildman–Crippen MR) is 106 cm³/mol. The fourth-order valence-corrected chi connectivity index (χ4v) is 6.63. The van der Waals surface area contributed by atoms with Crippen LogP contribution in [0.5, 0.6) is 0 Å². The van der Waals surface area contributed by atoms with Crippen molar-refractivity contribution in [2.75, 3.05) is 18.1 Å². The average Bonchev–Trinajstić information content (AvgIpc) is 3.11. The van der Waals surface area contributed by atoms with Gasteiger partial charge in [-0.1, -0.05) is 35.9 Å². The molecule has 1 aliphatic carbocycles. The zero-order chi connectivity index (χ0) is 18.5. The molecule has 3 aliphatic rings. The van der Waals surface area contributed by atoms with Gasteiger partial charge in [0.25, 0.3) is 0 Å². The lowest BCUT2D eigenvalue weighted by atomic mass is 9.84. The molecule has 0 amide bonds. The van der Waals surface area contributed by atoms with E-state index in [0.29, 0.717) is 13.2 Å². The Morgan fingerprint density at radius 2 is 1.56 bits per heavy atom. The minimum Gasteiger partial charge on any atom is -0.348 e. The molecule has 2 unspecified atom stereocenters. The second kappa shape index (κ2) is 6.43. The van der Waals surface area contributed by atoms with E-state index in [4.69, 9.17) is 9.47 Å². The second-order valence-corrected chi connectivity index (χ2v) is 9.39. The number of hydrogen-bond donors (Lipinski definition) is 0. The van der Waals surface area contributed by atoms with Gasteiger partial charge in [-0.25, -0.2) is 0 Å². The Morgan fingerprint density at radius 1 is 0.926 bits per heavy atom. The van der Waals surface area contributed by atoms with Crippen molar-refractivity contribution in [3.8, 4) is 0 Å². The van der Waals surface area contributed by atoms with Crippen LogP contribution in [0.3, 0.4) is 0 Å². The molecule has 2 saturated heterocycles. The maximum absolute atomic E-state index is 13.5. The summed E-state index contributed by atoms with van der Waals surface area (Å²) >= 11 is 0. The highest BCUT2D eigenvalue weighted by Crippen LogP contribution is 2.58. The molecule has 2 atom stereocenters. The number of ether oxygens (including phenoxy) is 2. The van der Waals surface area contributed by atoms with E-state index in [1.807, 2.05) is 30.3 Å². The molecule has 2 spiro atoms. The summed E-state index contributed by atoms with van der Waals surface area (Å²) in [5.41, 5.74) is 2.29. The van der Waals surface area contributed by atoms with Gasteiger partial charge in [0.1, 0.15) is 5.37 Å². The third kappa shape index (κ3) is 2.84. The number of hydrogen-bond acceptors (Lipinski definition) is 4. The van der Waals surface area contributed by atoms with Gasteiger partial charge < -0.3 is 14.4 Å². The van der Waals surface area contributed by atoms with E-state index in [-0.39, 0.29) is 10.9 Å². The van der Waals surface area contributed by atoms with Gasteiger partial charge in [0.05, 0.1) is 29.6 Å². The lowest BCUT2D eigenvalue weighted by Gasteiger charge is -2.35. The Kier molecular flexibility index (Phi) is 4.15. The molecule has 3 fully saturated rings. The lowest BCUT2D eigenvalue weighted by Crippen LogP contribution is -2.40. The largest absolute Gasteiger partial charge is 0.348 e. The first kappa shape index (κ1) is 17.4. The van der Waals surface area contributed by atoms with Crippen LogP contribution >= 0.6 is 0 Å². The average molecular weight is 384 g/mol. The SMILES string of the molecule is Cc1ccc(S(=O)C2N(c3ccccc3)C23CCC2(CC3)OCCO2)cc1. The Labute approximate surface area is 162 Å². The highest BCUT2D eigenvalue weighted by molar-refractivity contribution is 7.86. The van der Waals surface area contributed by atoms with Gasteiger partial charge >= 0.3 is 0 Å². The molecule has 2 aliphatic heterocycles. The van der Waals surface area contributed by atoms with Crippen LogP contribution in [0.25, 0.3) is 0 Å². The Bertz CT molecular complexity index is 836. The third-order valence-corrected chi connectivity index (χ3v) is 8.08. The normalized spacial score (nSPS) is 26.4. The molecule has 0 aromatic heterocycles. The van der Waals surface area contributed by atoms with Crippen LogP contribution in [0.2, 0.25) is 0 Å². The highest BCUT2D eigenvalue weighted by Gasteiger charge is 2.68. The topological polar surface area (TPSA) is 38.5 Å². The summed E-state index contributed by atoms with van der Waals surface area (Å²) in [6, 6.07) is 18.5. The van der Waals surface area contributed by atoms with Gasteiger partial charge in [-0.05, 0) is 44.0 Å². The smallest absolute Gasteiger partial charge is 0.168 e. The molecule has 0 bridgehead atoms. The van der Waals surface area contributed by atoms with E-state index in [1.54, 1.807) is 0 Å². The van der Waals surface area contributed by atoms with E-state index in [0.717, 1.165) is 36.3 Å². The van der Waals surface area contributed by atoms with Crippen LogP contribution in [0, 0.1) is 6.92 Å². The molecule has 2 aromatic rings. The maximum Gasteiger partial charge on any atom is 0.168 e. The summed E-state index contributed by atoms with van der Waals surface area (Å²) < 4.78 is 25.3.